The van der Waals surface area contributed by atoms with E-state index in [4.69, 9.17) is 10.5 Å². The normalized spacial score (nSPS) is 13.0. The van der Waals surface area contributed by atoms with Gasteiger partial charge in [0.15, 0.2) is 5.78 Å². The summed E-state index contributed by atoms with van der Waals surface area (Å²) >= 11 is 0. The van der Waals surface area contributed by atoms with Crippen molar-refractivity contribution in [1.29, 1.82) is 0 Å². The molecule has 0 radical (unpaired) electrons. The first-order chi connectivity index (χ1) is 9.75. The van der Waals surface area contributed by atoms with Gasteiger partial charge in [0.25, 0.3) is 0 Å². The zero-order valence-electron chi connectivity index (χ0n) is 13.3. The lowest BCUT2D eigenvalue weighted by molar-refractivity contribution is -0.160. The van der Waals surface area contributed by atoms with Crippen LogP contribution in [-0.4, -0.2) is 17.8 Å². The quantitative estimate of drug-likeness (QED) is 0.619. The van der Waals surface area contributed by atoms with Gasteiger partial charge >= 0.3 is 5.97 Å². The highest BCUT2D eigenvalue weighted by atomic mass is 16.5. The van der Waals surface area contributed by atoms with Gasteiger partial charge in [-0.15, -0.1) is 0 Å². The predicted molar refractivity (Wildman–Crippen MR) is 82.5 cm³/mol. The summed E-state index contributed by atoms with van der Waals surface area (Å²) in [6.45, 7) is 7.29. The van der Waals surface area contributed by atoms with Crippen LogP contribution in [-0.2, 0) is 20.9 Å². The van der Waals surface area contributed by atoms with Gasteiger partial charge in [-0.3, -0.25) is 9.59 Å². The van der Waals surface area contributed by atoms with E-state index >= 15 is 0 Å². The average molecular weight is 291 g/mol. The number of ether oxygens (including phenoxy) is 1. The van der Waals surface area contributed by atoms with E-state index in [9.17, 15) is 9.59 Å². The SMILES string of the molecule is CC(C)C[C@H](N)C(=O)C(C)(C)C(=O)OCc1ccccc1. The van der Waals surface area contributed by atoms with Crippen LogP contribution in [0.15, 0.2) is 30.3 Å². The molecule has 1 aromatic carbocycles. The van der Waals surface area contributed by atoms with Crippen molar-refractivity contribution in [2.75, 3.05) is 0 Å². The van der Waals surface area contributed by atoms with Gasteiger partial charge in [-0.05, 0) is 31.7 Å². The molecule has 0 aliphatic carbocycles. The Morgan fingerprint density at radius 1 is 1.19 bits per heavy atom. The standard InChI is InChI=1S/C17H25NO3/c1-12(2)10-14(18)15(19)17(3,4)16(20)21-11-13-8-6-5-7-9-13/h5-9,12,14H,10-11,18H2,1-4H3/t14-/m0/s1. The zero-order chi connectivity index (χ0) is 16.0. The number of nitrogens with two attached hydrogens (primary N) is 1. The van der Waals surface area contributed by atoms with E-state index in [1.54, 1.807) is 13.8 Å². The van der Waals surface area contributed by atoms with Crippen LogP contribution in [0.5, 0.6) is 0 Å². The van der Waals surface area contributed by atoms with Gasteiger partial charge in [-0.1, -0.05) is 44.2 Å². The number of hydrogen-bond acceptors (Lipinski definition) is 4. The minimum Gasteiger partial charge on any atom is -0.460 e. The minimum absolute atomic E-state index is 0.163. The summed E-state index contributed by atoms with van der Waals surface area (Å²) in [7, 11) is 0. The monoisotopic (exact) mass is 291 g/mol. The van der Waals surface area contributed by atoms with Crippen molar-refractivity contribution in [2.24, 2.45) is 17.1 Å². The molecule has 0 aliphatic heterocycles. The van der Waals surface area contributed by atoms with Crippen LogP contribution in [0.25, 0.3) is 0 Å². The summed E-state index contributed by atoms with van der Waals surface area (Å²) < 4.78 is 5.25. The second-order valence-corrected chi connectivity index (χ2v) is 6.29. The largest absolute Gasteiger partial charge is 0.460 e. The molecule has 0 amide bonds. The molecule has 0 bridgehead atoms. The molecule has 0 fully saturated rings. The Bertz CT molecular complexity index is 480. The molecule has 0 heterocycles. The molecule has 2 N–H and O–H groups in total. The van der Waals surface area contributed by atoms with Crippen LogP contribution in [0.3, 0.4) is 0 Å². The molecule has 0 aromatic heterocycles. The molecule has 0 unspecified atom stereocenters. The Morgan fingerprint density at radius 3 is 2.29 bits per heavy atom. The molecule has 4 heteroatoms. The third-order valence-electron chi connectivity index (χ3n) is 3.40. The highest BCUT2D eigenvalue weighted by Gasteiger charge is 2.40. The number of Topliss-reactive ketones (excluding diaryl/α,β-unsaturated/α-hetero) is 1. The molecule has 1 atom stereocenters. The molecule has 0 spiro atoms. The summed E-state index contributed by atoms with van der Waals surface area (Å²) in [5.74, 6) is -0.495. The van der Waals surface area contributed by atoms with E-state index in [1.807, 2.05) is 44.2 Å². The second kappa shape index (κ2) is 7.36. The van der Waals surface area contributed by atoms with Crippen LogP contribution in [0, 0.1) is 11.3 Å². The number of benzene rings is 1. The molecule has 1 aromatic rings. The van der Waals surface area contributed by atoms with Crippen molar-refractivity contribution in [3.8, 4) is 0 Å². The molecule has 0 saturated heterocycles. The van der Waals surface area contributed by atoms with Crippen LogP contribution < -0.4 is 5.73 Å². The number of carbonyl (C=O) groups is 2. The first-order valence-electron chi connectivity index (χ1n) is 7.26. The van der Waals surface area contributed by atoms with Crippen molar-refractivity contribution in [1.82, 2.24) is 0 Å². The number of esters is 1. The molecule has 1 rings (SSSR count). The molecular weight excluding hydrogens is 266 g/mol. The maximum atomic E-state index is 12.3. The Kier molecular flexibility index (Phi) is 6.09. The van der Waals surface area contributed by atoms with Crippen molar-refractivity contribution >= 4 is 11.8 Å². The van der Waals surface area contributed by atoms with E-state index in [1.165, 1.54) is 0 Å². The van der Waals surface area contributed by atoms with Gasteiger partial charge < -0.3 is 10.5 Å². The lowest BCUT2D eigenvalue weighted by Gasteiger charge is -2.25. The smallest absolute Gasteiger partial charge is 0.319 e. The third kappa shape index (κ3) is 4.97. The summed E-state index contributed by atoms with van der Waals surface area (Å²) in [5, 5.41) is 0. The molecular formula is C17H25NO3. The van der Waals surface area contributed by atoms with E-state index in [0.29, 0.717) is 12.3 Å². The first kappa shape index (κ1) is 17.4. The van der Waals surface area contributed by atoms with Crippen LogP contribution in [0.4, 0.5) is 0 Å². The van der Waals surface area contributed by atoms with E-state index in [-0.39, 0.29) is 12.4 Å². The van der Waals surface area contributed by atoms with Crippen molar-refractivity contribution < 1.29 is 14.3 Å². The van der Waals surface area contributed by atoms with E-state index < -0.39 is 17.4 Å². The molecule has 0 aliphatic rings. The van der Waals surface area contributed by atoms with Gasteiger partial charge in [0, 0.05) is 0 Å². The summed E-state index contributed by atoms with van der Waals surface area (Å²) in [5.41, 5.74) is 5.56. The van der Waals surface area contributed by atoms with Gasteiger partial charge in [-0.2, -0.15) is 0 Å². The van der Waals surface area contributed by atoms with Crippen LogP contribution >= 0.6 is 0 Å². The molecule has 0 saturated carbocycles. The Labute approximate surface area is 126 Å². The fraction of sp³-hybridized carbons (Fsp3) is 0.529. The van der Waals surface area contributed by atoms with Crippen LogP contribution in [0.2, 0.25) is 0 Å². The highest BCUT2D eigenvalue weighted by molar-refractivity contribution is 6.05. The molecule has 4 nitrogen and oxygen atoms in total. The number of ketones is 1. The number of hydrogen-bond donors (Lipinski definition) is 1. The first-order valence-corrected chi connectivity index (χ1v) is 7.26. The summed E-state index contributed by atoms with van der Waals surface area (Å²) in [4.78, 5) is 24.5. The lowest BCUT2D eigenvalue weighted by Crippen LogP contribution is -2.45. The predicted octanol–water partition coefficient (Wildman–Crippen LogP) is 2.70. The maximum Gasteiger partial charge on any atom is 0.319 e. The maximum absolute atomic E-state index is 12.3. The minimum atomic E-state index is -1.22. The molecule has 116 valence electrons. The van der Waals surface area contributed by atoms with Gasteiger partial charge in [0.2, 0.25) is 0 Å². The highest BCUT2D eigenvalue weighted by Crippen LogP contribution is 2.23. The Morgan fingerprint density at radius 2 is 1.76 bits per heavy atom. The fourth-order valence-electron chi connectivity index (χ4n) is 2.08. The van der Waals surface area contributed by atoms with Crippen molar-refractivity contribution in [3.63, 3.8) is 0 Å². The van der Waals surface area contributed by atoms with E-state index in [0.717, 1.165) is 5.56 Å². The fourth-order valence-corrected chi connectivity index (χ4v) is 2.08. The zero-order valence-corrected chi connectivity index (χ0v) is 13.3. The third-order valence-corrected chi connectivity index (χ3v) is 3.40. The number of rotatable bonds is 7. The summed E-state index contributed by atoms with van der Waals surface area (Å²) in [6, 6.07) is 8.74. The second-order valence-electron chi connectivity index (χ2n) is 6.29. The average Bonchev–Trinajstić information content (AvgIpc) is 2.44. The van der Waals surface area contributed by atoms with Crippen LogP contribution in [0.1, 0.15) is 39.7 Å². The van der Waals surface area contributed by atoms with Crippen molar-refractivity contribution in [3.05, 3.63) is 35.9 Å². The Balaban J connectivity index is 2.64. The van der Waals surface area contributed by atoms with Crippen molar-refractivity contribution in [2.45, 2.75) is 46.8 Å². The topological polar surface area (TPSA) is 69.4 Å². The van der Waals surface area contributed by atoms with Gasteiger partial charge in [0.1, 0.15) is 12.0 Å². The van der Waals surface area contributed by atoms with Gasteiger partial charge in [0.05, 0.1) is 6.04 Å². The van der Waals surface area contributed by atoms with Gasteiger partial charge in [-0.25, -0.2) is 0 Å². The number of carbonyl (C=O) groups excluding carboxylic acids is 2. The Hall–Kier alpha value is -1.68. The lowest BCUT2D eigenvalue weighted by atomic mass is 9.82. The summed E-state index contributed by atoms with van der Waals surface area (Å²) in [6.07, 6.45) is 0.564. The molecule has 21 heavy (non-hydrogen) atoms. The van der Waals surface area contributed by atoms with E-state index in [2.05, 4.69) is 0 Å².